The van der Waals surface area contributed by atoms with Gasteiger partial charge in [-0.05, 0) is 60.7 Å². The second kappa shape index (κ2) is 5.88. The highest BCUT2D eigenvalue weighted by Crippen LogP contribution is 2.43. The molecule has 3 nitrogen and oxygen atoms in total. The van der Waals surface area contributed by atoms with Gasteiger partial charge in [0, 0.05) is 5.69 Å². The number of anilines is 1. The Kier molecular flexibility index (Phi) is 3.79. The molecule has 2 aromatic rings. The molecule has 106 valence electrons. The highest BCUT2D eigenvalue weighted by molar-refractivity contribution is 5.49. The molecule has 1 aliphatic carbocycles. The lowest BCUT2D eigenvalue weighted by Crippen LogP contribution is -2.12. The normalized spacial score (nSPS) is 15.0. The number of methoxy groups -OCH3 is 1. The van der Waals surface area contributed by atoms with E-state index in [2.05, 4.69) is 23.5 Å². The minimum absolute atomic E-state index is 0.323. The average Bonchev–Trinajstić information content (AvgIpc) is 3.38. The van der Waals surface area contributed by atoms with Gasteiger partial charge in [0.15, 0.2) is 0 Å². The van der Waals surface area contributed by atoms with Crippen LogP contribution >= 0.6 is 0 Å². The SMILES string of the molecule is COc1ccc(C(Nc2ccc(C#N)cc2)C2CC2)cc1. The predicted octanol–water partition coefficient (Wildman–Crippen LogP) is 4.13. The predicted molar refractivity (Wildman–Crippen MR) is 83.2 cm³/mol. The molecule has 2 aromatic carbocycles. The minimum atomic E-state index is 0.323. The number of hydrogen-bond donors (Lipinski definition) is 1. The Bertz CT molecular complexity index is 636. The van der Waals surface area contributed by atoms with E-state index in [1.807, 2.05) is 36.4 Å². The molecule has 21 heavy (non-hydrogen) atoms. The molecular weight excluding hydrogens is 260 g/mol. The van der Waals surface area contributed by atoms with Gasteiger partial charge >= 0.3 is 0 Å². The number of nitrogens with zero attached hydrogens (tertiary/aromatic N) is 1. The number of ether oxygens (including phenoxy) is 1. The van der Waals surface area contributed by atoms with Crippen LogP contribution in [0.2, 0.25) is 0 Å². The van der Waals surface area contributed by atoms with Gasteiger partial charge in [-0.2, -0.15) is 5.26 Å². The van der Waals surface area contributed by atoms with Crippen LogP contribution in [0.3, 0.4) is 0 Å². The van der Waals surface area contributed by atoms with E-state index in [0.29, 0.717) is 17.5 Å². The van der Waals surface area contributed by atoms with E-state index < -0.39 is 0 Å². The second-order valence-corrected chi connectivity index (χ2v) is 5.42. The molecule has 1 aliphatic rings. The van der Waals surface area contributed by atoms with Crippen molar-refractivity contribution in [1.82, 2.24) is 0 Å². The maximum atomic E-state index is 8.85. The van der Waals surface area contributed by atoms with E-state index in [-0.39, 0.29) is 0 Å². The summed E-state index contributed by atoms with van der Waals surface area (Å²) in [4.78, 5) is 0. The second-order valence-electron chi connectivity index (χ2n) is 5.42. The molecule has 0 aliphatic heterocycles. The first-order valence-corrected chi connectivity index (χ1v) is 7.21. The van der Waals surface area contributed by atoms with E-state index in [4.69, 9.17) is 10.00 Å². The van der Waals surface area contributed by atoms with Crippen LogP contribution < -0.4 is 10.1 Å². The highest BCUT2D eigenvalue weighted by atomic mass is 16.5. The third kappa shape index (κ3) is 3.17. The van der Waals surface area contributed by atoms with Crippen LogP contribution in [0.25, 0.3) is 0 Å². The molecule has 1 atom stereocenters. The molecule has 0 amide bonds. The molecular formula is C18H18N2O. The number of nitriles is 1. The lowest BCUT2D eigenvalue weighted by atomic mass is 10.0. The summed E-state index contributed by atoms with van der Waals surface area (Å²) in [6, 6.07) is 18.4. The third-order valence-electron chi connectivity index (χ3n) is 3.90. The maximum Gasteiger partial charge on any atom is 0.118 e. The van der Waals surface area contributed by atoms with Crippen LogP contribution in [0.15, 0.2) is 48.5 Å². The zero-order valence-corrected chi connectivity index (χ0v) is 12.0. The molecule has 0 bridgehead atoms. The van der Waals surface area contributed by atoms with Crippen LogP contribution in [0.4, 0.5) is 5.69 Å². The van der Waals surface area contributed by atoms with Crippen LogP contribution in [0.5, 0.6) is 5.75 Å². The van der Waals surface area contributed by atoms with Crippen molar-refractivity contribution in [2.45, 2.75) is 18.9 Å². The Hall–Kier alpha value is -2.47. The fourth-order valence-corrected chi connectivity index (χ4v) is 2.53. The zero-order valence-electron chi connectivity index (χ0n) is 12.0. The molecule has 0 radical (unpaired) electrons. The smallest absolute Gasteiger partial charge is 0.118 e. The van der Waals surface area contributed by atoms with Crippen molar-refractivity contribution in [2.75, 3.05) is 12.4 Å². The van der Waals surface area contributed by atoms with Gasteiger partial charge in [-0.3, -0.25) is 0 Å². The summed E-state index contributed by atoms with van der Waals surface area (Å²) in [6.45, 7) is 0. The summed E-state index contributed by atoms with van der Waals surface area (Å²) in [6.07, 6.45) is 2.53. The summed E-state index contributed by atoms with van der Waals surface area (Å²) in [5, 5.41) is 12.4. The maximum absolute atomic E-state index is 8.85. The number of benzene rings is 2. The molecule has 3 heteroatoms. The van der Waals surface area contributed by atoms with Gasteiger partial charge < -0.3 is 10.1 Å². The molecule has 0 spiro atoms. The fourth-order valence-electron chi connectivity index (χ4n) is 2.53. The van der Waals surface area contributed by atoms with E-state index in [0.717, 1.165) is 11.4 Å². The summed E-state index contributed by atoms with van der Waals surface area (Å²) in [7, 11) is 1.68. The molecule has 0 aromatic heterocycles. The van der Waals surface area contributed by atoms with Crippen molar-refractivity contribution in [3.8, 4) is 11.8 Å². The van der Waals surface area contributed by atoms with Crippen molar-refractivity contribution in [1.29, 1.82) is 5.26 Å². The molecule has 1 saturated carbocycles. The van der Waals surface area contributed by atoms with Gasteiger partial charge in [0.1, 0.15) is 5.75 Å². The van der Waals surface area contributed by atoms with Gasteiger partial charge in [-0.15, -0.1) is 0 Å². The molecule has 0 heterocycles. The van der Waals surface area contributed by atoms with E-state index in [9.17, 15) is 0 Å². The standard InChI is InChI=1S/C18H18N2O/c1-21-17-10-6-15(7-11-17)18(14-4-5-14)20-16-8-2-13(12-19)3-9-16/h2-3,6-11,14,18,20H,4-5H2,1H3. The Morgan fingerprint density at radius 2 is 1.76 bits per heavy atom. The van der Waals surface area contributed by atoms with Crippen molar-refractivity contribution >= 4 is 5.69 Å². The monoisotopic (exact) mass is 278 g/mol. The van der Waals surface area contributed by atoms with Crippen LogP contribution in [-0.4, -0.2) is 7.11 Å². The van der Waals surface area contributed by atoms with Crippen LogP contribution in [0, 0.1) is 17.2 Å². The minimum Gasteiger partial charge on any atom is -0.497 e. The van der Waals surface area contributed by atoms with Gasteiger partial charge in [0.05, 0.1) is 24.8 Å². The van der Waals surface area contributed by atoms with Crippen molar-refractivity contribution in [3.63, 3.8) is 0 Å². The summed E-state index contributed by atoms with van der Waals surface area (Å²) >= 11 is 0. The molecule has 0 saturated heterocycles. The van der Waals surface area contributed by atoms with Crippen LogP contribution in [-0.2, 0) is 0 Å². The summed E-state index contributed by atoms with van der Waals surface area (Å²) < 4.78 is 5.22. The lowest BCUT2D eigenvalue weighted by Gasteiger charge is -2.20. The van der Waals surface area contributed by atoms with Crippen molar-refractivity contribution < 1.29 is 4.74 Å². The Balaban J connectivity index is 1.79. The Labute approximate surface area is 125 Å². The Morgan fingerprint density at radius 3 is 2.29 bits per heavy atom. The van der Waals surface area contributed by atoms with E-state index >= 15 is 0 Å². The van der Waals surface area contributed by atoms with Gasteiger partial charge in [-0.1, -0.05) is 12.1 Å². The van der Waals surface area contributed by atoms with Gasteiger partial charge in [0.2, 0.25) is 0 Å². The largest absolute Gasteiger partial charge is 0.497 e. The number of hydrogen-bond acceptors (Lipinski definition) is 3. The first kappa shape index (κ1) is 13.5. The topological polar surface area (TPSA) is 45.0 Å². The van der Waals surface area contributed by atoms with Gasteiger partial charge in [-0.25, -0.2) is 0 Å². The lowest BCUT2D eigenvalue weighted by molar-refractivity contribution is 0.414. The Morgan fingerprint density at radius 1 is 1.10 bits per heavy atom. The third-order valence-corrected chi connectivity index (χ3v) is 3.90. The van der Waals surface area contributed by atoms with E-state index in [1.54, 1.807) is 7.11 Å². The van der Waals surface area contributed by atoms with Crippen molar-refractivity contribution in [3.05, 3.63) is 59.7 Å². The first-order valence-electron chi connectivity index (χ1n) is 7.21. The first-order chi connectivity index (χ1) is 10.3. The highest BCUT2D eigenvalue weighted by Gasteiger charge is 2.32. The van der Waals surface area contributed by atoms with E-state index in [1.165, 1.54) is 18.4 Å². The molecule has 1 unspecified atom stereocenters. The van der Waals surface area contributed by atoms with Crippen LogP contribution in [0.1, 0.15) is 30.0 Å². The average molecular weight is 278 g/mol. The summed E-state index contributed by atoms with van der Waals surface area (Å²) in [5.74, 6) is 1.57. The quantitative estimate of drug-likeness (QED) is 0.894. The number of rotatable bonds is 5. The fraction of sp³-hybridized carbons (Fsp3) is 0.278. The molecule has 1 N–H and O–H groups in total. The van der Waals surface area contributed by atoms with Gasteiger partial charge in [0.25, 0.3) is 0 Å². The number of nitrogens with one attached hydrogen (secondary N) is 1. The zero-order chi connectivity index (χ0) is 14.7. The van der Waals surface area contributed by atoms with Crippen molar-refractivity contribution in [2.24, 2.45) is 5.92 Å². The molecule has 3 rings (SSSR count). The molecule has 1 fully saturated rings. The summed E-state index contributed by atoms with van der Waals surface area (Å²) in [5.41, 5.74) is 3.03.